The van der Waals surface area contributed by atoms with Gasteiger partial charge in [-0.15, -0.1) is 0 Å². The first kappa shape index (κ1) is 11.1. The van der Waals surface area contributed by atoms with Crippen molar-refractivity contribution in [3.8, 4) is 5.75 Å². The van der Waals surface area contributed by atoms with Gasteiger partial charge < -0.3 is 10.1 Å². The molecule has 0 amide bonds. The summed E-state index contributed by atoms with van der Waals surface area (Å²) in [6, 6.07) is 10.3. The van der Waals surface area contributed by atoms with Crippen LogP contribution in [-0.2, 0) is 0 Å². The molecule has 0 saturated heterocycles. The van der Waals surface area contributed by atoms with Gasteiger partial charge in [-0.3, -0.25) is 0 Å². The Kier molecular flexibility index (Phi) is 4.47. The van der Waals surface area contributed by atoms with Crippen LogP contribution in [0.25, 0.3) is 0 Å². The molecule has 1 unspecified atom stereocenters. The Bertz CT molecular complexity index is 246. The molecule has 78 valence electrons. The van der Waals surface area contributed by atoms with Crippen molar-refractivity contribution in [3.05, 3.63) is 30.3 Å². The molecule has 0 fully saturated rings. The normalized spacial score (nSPS) is 12.9. The zero-order chi connectivity index (χ0) is 10.4. The number of hydrogen-bond donors (Lipinski definition) is 1. The van der Waals surface area contributed by atoms with E-state index in [2.05, 4.69) is 19.2 Å². The smallest absolute Gasteiger partial charge is 0.119 e. The molecule has 1 atom stereocenters. The maximum atomic E-state index is 5.66. The van der Waals surface area contributed by atoms with Crippen LogP contribution < -0.4 is 10.1 Å². The Labute approximate surface area is 86.3 Å². The number of likely N-dealkylation sites (N-methyl/N-ethyl adjacent to an activating group) is 1. The van der Waals surface area contributed by atoms with Crippen LogP contribution in [0.1, 0.15) is 13.8 Å². The monoisotopic (exact) mass is 193 g/mol. The van der Waals surface area contributed by atoms with E-state index < -0.39 is 0 Å². The second kappa shape index (κ2) is 5.66. The molecule has 0 saturated carbocycles. The first-order valence-corrected chi connectivity index (χ1v) is 5.09. The minimum atomic E-state index is 0.412. The number of benzene rings is 1. The molecule has 1 rings (SSSR count). The van der Waals surface area contributed by atoms with Gasteiger partial charge in [0.05, 0.1) is 0 Å². The zero-order valence-electron chi connectivity index (χ0n) is 9.16. The minimum absolute atomic E-state index is 0.412. The lowest BCUT2D eigenvalue weighted by atomic mass is 10.1. The molecule has 0 aliphatic heterocycles. The molecular formula is C12H19NO. The lowest BCUT2D eigenvalue weighted by Gasteiger charge is -2.20. The summed E-state index contributed by atoms with van der Waals surface area (Å²) < 4.78 is 5.66. The number of hydrogen-bond acceptors (Lipinski definition) is 2. The van der Waals surface area contributed by atoms with Crippen molar-refractivity contribution in [3.63, 3.8) is 0 Å². The van der Waals surface area contributed by atoms with Crippen LogP contribution in [0.3, 0.4) is 0 Å². The lowest BCUT2D eigenvalue weighted by Crippen LogP contribution is -2.36. The molecule has 0 spiro atoms. The fourth-order valence-corrected chi connectivity index (χ4v) is 1.31. The van der Waals surface area contributed by atoms with E-state index in [4.69, 9.17) is 4.74 Å². The molecule has 2 heteroatoms. The van der Waals surface area contributed by atoms with Gasteiger partial charge in [0, 0.05) is 6.04 Å². The SMILES string of the molecule is CNC(COc1ccccc1)C(C)C. The Morgan fingerprint density at radius 1 is 1.21 bits per heavy atom. The predicted molar refractivity (Wildman–Crippen MR) is 59.6 cm³/mol. The van der Waals surface area contributed by atoms with Gasteiger partial charge in [0.15, 0.2) is 0 Å². The number of ether oxygens (including phenoxy) is 1. The minimum Gasteiger partial charge on any atom is -0.492 e. The summed E-state index contributed by atoms with van der Waals surface area (Å²) in [5.41, 5.74) is 0. The van der Waals surface area contributed by atoms with Crippen LogP contribution in [0.4, 0.5) is 0 Å². The van der Waals surface area contributed by atoms with Crippen molar-refractivity contribution < 1.29 is 4.74 Å². The Morgan fingerprint density at radius 3 is 2.36 bits per heavy atom. The number of para-hydroxylation sites is 1. The molecule has 1 N–H and O–H groups in total. The molecule has 0 aliphatic carbocycles. The van der Waals surface area contributed by atoms with Crippen molar-refractivity contribution in [1.82, 2.24) is 5.32 Å². The fraction of sp³-hybridized carbons (Fsp3) is 0.500. The van der Waals surface area contributed by atoms with E-state index in [9.17, 15) is 0 Å². The first-order chi connectivity index (χ1) is 6.74. The van der Waals surface area contributed by atoms with Gasteiger partial charge in [-0.05, 0) is 25.1 Å². The molecule has 0 aliphatic rings. The highest BCUT2D eigenvalue weighted by atomic mass is 16.5. The second-order valence-electron chi connectivity index (χ2n) is 3.76. The van der Waals surface area contributed by atoms with Crippen LogP contribution in [0.2, 0.25) is 0 Å². The maximum absolute atomic E-state index is 5.66. The third-order valence-corrected chi connectivity index (χ3v) is 2.35. The van der Waals surface area contributed by atoms with Gasteiger partial charge in [-0.2, -0.15) is 0 Å². The van der Waals surface area contributed by atoms with Crippen LogP contribution in [0, 0.1) is 5.92 Å². The molecular weight excluding hydrogens is 174 g/mol. The highest BCUT2D eigenvalue weighted by Gasteiger charge is 2.10. The predicted octanol–water partition coefficient (Wildman–Crippen LogP) is 2.31. The Balaban J connectivity index is 2.40. The first-order valence-electron chi connectivity index (χ1n) is 5.09. The topological polar surface area (TPSA) is 21.3 Å². The number of nitrogens with one attached hydrogen (secondary N) is 1. The van der Waals surface area contributed by atoms with Crippen molar-refractivity contribution in [2.45, 2.75) is 19.9 Å². The third-order valence-electron chi connectivity index (χ3n) is 2.35. The van der Waals surface area contributed by atoms with Crippen LogP contribution in [0.5, 0.6) is 5.75 Å². The fourth-order valence-electron chi connectivity index (χ4n) is 1.31. The Morgan fingerprint density at radius 2 is 1.86 bits per heavy atom. The summed E-state index contributed by atoms with van der Waals surface area (Å²) >= 11 is 0. The van der Waals surface area contributed by atoms with Gasteiger partial charge in [0.25, 0.3) is 0 Å². The molecule has 2 nitrogen and oxygen atoms in total. The van der Waals surface area contributed by atoms with E-state index in [1.54, 1.807) is 0 Å². The van der Waals surface area contributed by atoms with Gasteiger partial charge in [-0.1, -0.05) is 32.0 Å². The Hall–Kier alpha value is -1.02. The van der Waals surface area contributed by atoms with Crippen LogP contribution >= 0.6 is 0 Å². The molecule has 0 heterocycles. The van der Waals surface area contributed by atoms with Crippen LogP contribution in [-0.4, -0.2) is 19.7 Å². The summed E-state index contributed by atoms with van der Waals surface area (Å²) in [4.78, 5) is 0. The largest absolute Gasteiger partial charge is 0.492 e. The van der Waals surface area contributed by atoms with Gasteiger partial charge in [0.1, 0.15) is 12.4 Å². The molecule has 0 radical (unpaired) electrons. The standard InChI is InChI=1S/C12H19NO/c1-10(2)12(13-3)9-14-11-7-5-4-6-8-11/h4-8,10,12-13H,9H2,1-3H3. The quantitative estimate of drug-likeness (QED) is 0.774. The summed E-state index contributed by atoms with van der Waals surface area (Å²) in [6.45, 7) is 5.10. The summed E-state index contributed by atoms with van der Waals surface area (Å²) in [7, 11) is 1.97. The molecule has 14 heavy (non-hydrogen) atoms. The van der Waals surface area contributed by atoms with E-state index in [0.717, 1.165) is 12.4 Å². The van der Waals surface area contributed by atoms with Crippen molar-refractivity contribution in [2.75, 3.05) is 13.7 Å². The van der Waals surface area contributed by atoms with Gasteiger partial charge in [0.2, 0.25) is 0 Å². The van der Waals surface area contributed by atoms with Crippen molar-refractivity contribution >= 4 is 0 Å². The average Bonchev–Trinajstić information content (AvgIpc) is 2.20. The lowest BCUT2D eigenvalue weighted by molar-refractivity contribution is 0.238. The van der Waals surface area contributed by atoms with E-state index in [0.29, 0.717) is 12.0 Å². The third kappa shape index (κ3) is 3.38. The van der Waals surface area contributed by atoms with Gasteiger partial charge >= 0.3 is 0 Å². The highest BCUT2D eigenvalue weighted by Crippen LogP contribution is 2.10. The van der Waals surface area contributed by atoms with E-state index in [-0.39, 0.29) is 0 Å². The molecule has 0 aromatic heterocycles. The summed E-state index contributed by atoms with van der Waals surface area (Å²) in [5, 5.41) is 3.25. The van der Waals surface area contributed by atoms with Gasteiger partial charge in [-0.25, -0.2) is 0 Å². The van der Waals surface area contributed by atoms with Crippen molar-refractivity contribution in [2.24, 2.45) is 5.92 Å². The molecule has 1 aromatic rings. The van der Waals surface area contributed by atoms with E-state index in [1.165, 1.54) is 0 Å². The maximum Gasteiger partial charge on any atom is 0.119 e. The number of rotatable bonds is 5. The second-order valence-corrected chi connectivity index (χ2v) is 3.76. The van der Waals surface area contributed by atoms with Crippen LogP contribution in [0.15, 0.2) is 30.3 Å². The molecule has 0 bridgehead atoms. The van der Waals surface area contributed by atoms with E-state index in [1.807, 2.05) is 37.4 Å². The van der Waals surface area contributed by atoms with Crippen molar-refractivity contribution in [1.29, 1.82) is 0 Å². The molecule has 1 aromatic carbocycles. The summed E-state index contributed by atoms with van der Waals surface area (Å²) in [5.74, 6) is 1.53. The summed E-state index contributed by atoms with van der Waals surface area (Å²) in [6.07, 6.45) is 0. The zero-order valence-corrected chi connectivity index (χ0v) is 9.16. The highest BCUT2D eigenvalue weighted by molar-refractivity contribution is 5.20. The average molecular weight is 193 g/mol. The van der Waals surface area contributed by atoms with E-state index >= 15 is 0 Å².